The van der Waals surface area contributed by atoms with Crippen LogP contribution < -0.4 is 10.2 Å². The van der Waals surface area contributed by atoms with Crippen molar-refractivity contribution in [3.05, 3.63) is 71.2 Å². The van der Waals surface area contributed by atoms with Gasteiger partial charge < -0.3 is 10.2 Å². The fourth-order valence-corrected chi connectivity index (χ4v) is 4.31. The van der Waals surface area contributed by atoms with Gasteiger partial charge >= 0.3 is 0 Å². The summed E-state index contributed by atoms with van der Waals surface area (Å²) >= 11 is 1.35. The molecule has 4 rings (SSSR count). The van der Waals surface area contributed by atoms with Crippen LogP contribution in [0.3, 0.4) is 0 Å². The summed E-state index contributed by atoms with van der Waals surface area (Å²) in [5.41, 5.74) is 2.13. The number of benzene rings is 2. The van der Waals surface area contributed by atoms with Crippen molar-refractivity contribution in [1.29, 1.82) is 0 Å². The van der Waals surface area contributed by atoms with Crippen molar-refractivity contribution in [2.24, 2.45) is 0 Å². The highest BCUT2D eigenvalue weighted by Crippen LogP contribution is 2.34. The van der Waals surface area contributed by atoms with E-state index in [0.29, 0.717) is 24.5 Å². The molecule has 0 radical (unpaired) electrons. The molecule has 0 bridgehead atoms. The highest BCUT2D eigenvalue weighted by atomic mass is 32.1. The van der Waals surface area contributed by atoms with E-state index in [1.54, 1.807) is 4.90 Å². The summed E-state index contributed by atoms with van der Waals surface area (Å²) < 4.78 is 0. The Labute approximate surface area is 173 Å². The number of anilines is 2. The van der Waals surface area contributed by atoms with Crippen LogP contribution in [-0.4, -0.2) is 28.6 Å². The number of hydrogen-bond acceptors (Lipinski definition) is 5. The number of aromatic nitrogens is 2. The van der Waals surface area contributed by atoms with Crippen molar-refractivity contribution < 1.29 is 9.59 Å². The molecule has 1 aromatic heterocycles. The predicted molar refractivity (Wildman–Crippen MR) is 114 cm³/mol. The maximum Gasteiger partial charge on any atom is 0.227 e. The van der Waals surface area contributed by atoms with Crippen LogP contribution >= 0.6 is 11.3 Å². The molecule has 0 saturated carbocycles. The van der Waals surface area contributed by atoms with Gasteiger partial charge in [0.25, 0.3) is 0 Å². The van der Waals surface area contributed by atoms with Crippen molar-refractivity contribution in [3.63, 3.8) is 0 Å². The third kappa shape index (κ3) is 4.86. The van der Waals surface area contributed by atoms with Crippen molar-refractivity contribution in [1.82, 2.24) is 10.2 Å². The molecular formula is C22H22N4O2S. The molecule has 1 saturated heterocycles. The van der Waals surface area contributed by atoms with E-state index in [1.807, 2.05) is 48.5 Å². The Hall–Kier alpha value is -3.06. The van der Waals surface area contributed by atoms with Gasteiger partial charge in [0.05, 0.1) is 0 Å². The lowest BCUT2D eigenvalue weighted by Gasteiger charge is -2.15. The lowest BCUT2D eigenvalue weighted by atomic mass is 10.1. The standard InChI is InChI=1S/C22H22N4O2S/c27-19(13-7-10-16-8-3-1-4-9-16)23-22-25-24-21(29-22)17-14-20(28)26(15-17)18-11-5-2-6-12-18/h1-6,8-9,11-12,17H,7,10,13-15H2,(H,23,25,27)/t17-/m1/s1. The lowest BCUT2D eigenvalue weighted by Crippen LogP contribution is -2.24. The zero-order valence-electron chi connectivity index (χ0n) is 16.0. The van der Waals surface area contributed by atoms with Gasteiger partial charge in [-0.05, 0) is 30.5 Å². The quantitative estimate of drug-likeness (QED) is 0.643. The number of amides is 2. The van der Waals surface area contributed by atoms with Crippen molar-refractivity contribution in [2.45, 2.75) is 31.6 Å². The molecule has 3 aromatic rings. The van der Waals surface area contributed by atoms with E-state index in [4.69, 9.17) is 0 Å². The largest absolute Gasteiger partial charge is 0.312 e. The van der Waals surface area contributed by atoms with Crippen LogP contribution in [0.4, 0.5) is 10.8 Å². The summed E-state index contributed by atoms with van der Waals surface area (Å²) in [7, 11) is 0. The minimum Gasteiger partial charge on any atom is -0.312 e. The maximum atomic E-state index is 12.4. The molecule has 0 spiro atoms. The Bertz CT molecular complexity index is 975. The molecule has 1 aliphatic heterocycles. The third-order valence-corrected chi connectivity index (χ3v) is 5.94. The lowest BCUT2D eigenvalue weighted by molar-refractivity contribution is -0.117. The molecule has 0 unspecified atom stereocenters. The Balaban J connectivity index is 1.29. The van der Waals surface area contributed by atoms with E-state index in [-0.39, 0.29) is 17.7 Å². The second-order valence-corrected chi connectivity index (χ2v) is 8.08. The second kappa shape index (κ2) is 8.96. The van der Waals surface area contributed by atoms with Crippen molar-refractivity contribution in [3.8, 4) is 0 Å². The molecule has 1 N–H and O–H groups in total. The first kappa shape index (κ1) is 19.3. The maximum absolute atomic E-state index is 12.4. The summed E-state index contributed by atoms with van der Waals surface area (Å²) in [4.78, 5) is 26.4. The highest BCUT2D eigenvalue weighted by Gasteiger charge is 2.33. The number of rotatable bonds is 7. The third-order valence-electron chi connectivity index (χ3n) is 4.94. The number of carbonyl (C=O) groups excluding carboxylic acids is 2. The number of para-hydroxylation sites is 1. The first-order valence-corrected chi connectivity index (χ1v) is 10.5. The Kier molecular flexibility index (Phi) is 5.95. The molecule has 2 aromatic carbocycles. The first-order chi connectivity index (χ1) is 14.2. The second-order valence-electron chi connectivity index (χ2n) is 7.07. The van der Waals surface area contributed by atoms with E-state index in [0.717, 1.165) is 23.5 Å². The smallest absolute Gasteiger partial charge is 0.227 e. The van der Waals surface area contributed by atoms with Gasteiger partial charge in [0.1, 0.15) is 5.01 Å². The van der Waals surface area contributed by atoms with Crippen LogP contribution in [0.2, 0.25) is 0 Å². The van der Waals surface area contributed by atoms with Gasteiger partial charge in [-0.1, -0.05) is 59.9 Å². The summed E-state index contributed by atoms with van der Waals surface area (Å²) in [5.74, 6) is 0.0314. The van der Waals surface area contributed by atoms with E-state index in [9.17, 15) is 9.59 Å². The monoisotopic (exact) mass is 406 g/mol. The van der Waals surface area contributed by atoms with Crippen molar-refractivity contribution in [2.75, 3.05) is 16.8 Å². The number of hydrogen-bond donors (Lipinski definition) is 1. The zero-order valence-corrected chi connectivity index (χ0v) is 16.8. The zero-order chi connectivity index (χ0) is 20.1. The average Bonchev–Trinajstić information content (AvgIpc) is 3.36. The number of nitrogens with one attached hydrogen (secondary N) is 1. The van der Waals surface area contributed by atoms with Crippen LogP contribution in [-0.2, 0) is 16.0 Å². The fourth-order valence-electron chi connectivity index (χ4n) is 3.46. The van der Waals surface area contributed by atoms with Crippen LogP contribution in [0, 0.1) is 0 Å². The summed E-state index contributed by atoms with van der Waals surface area (Å²) in [6, 6.07) is 19.8. The van der Waals surface area contributed by atoms with E-state index in [2.05, 4.69) is 27.6 Å². The summed E-state index contributed by atoms with van der Waals surface area (Å²) in [5, 5.41) is 12.4. The van der Waals surface area contributed by atoms with Crippen LogP contribution in [0.1, 0.15) is 35.8 Å². The molecule has 6 nitrogen and oxygen atoms in total. The first-order valence-electron chi connectivity index (χ1n) is 9.71. The fraction of sp³-hybridized carbons (Fsp3) is 0.273. The van der Waals surface area contributed by atoms with Gasteiger partial charge in [0, 0.05) is 31.0 Å². The van der Waals surface area contributed by atoms with E-state index >= 15 is 0 Å². The Morgan fingerprint density at radius 2 is 1.79 bits per heavy atom. The molecule has 0 aliphatic carbocycles. The van der Waals surface area contributed by atoms with Gasteiger partial charge in [-0.3, -0.25) is 9.59 Å². The van der Waals surface area contributed by atoms with Gasteiger partial charge in [-0.15, -0.1) is 10.2 Å². The topological polar surface area (TPSA) is 75.2 Å². The molecule has 1 fully saturated rings. The molecule has 29 heavy (non-hydrogen) atoms. The minimum atomic E-state index is -0.0583. The van der Waals surface area contributed by atoms with Crippen molar-refractivity contribution >= 4 is 34.0 Å². The summed E-state index contributed by atoms with van der Waals surface area (Å²) in [6.45, 7) is 0.586. The summed E-state index contributed by atoms with van der Waals surface area (Å²) in [6.07, 6.45) is 2.50. The minimum absolute atomic E-state index is 0.00365. The normalized spacial score (nSPS) is 16.2. The number of aryl methyl sites for hydroxylation is 1. The van der Waals surface area contributed by atoms with Crippen LogP contribution in [0.25, 0.3) is 0 Å². The predicted octanol–water partition coefficient (Wildman–Crippen LogP) is 4.02. The molecule has 7 heteroatoms. The van der Waals surface area contributed by atoms with Crippen LogP contribution in [0.15, 0.2) is 60.7 Å². The molecule has 1 aliphatic rings. The SMILES string of the molecule is O=C(CCCc1ccccc1)Nc1nnc([C@@H]2CC(=O)N(c3ccccc3)C2)s1. The van der Waals surface area contributed by atoms with Gasteiger partial charge in [0.15, 0.2) is 0 Å². The number of nitrogens with zero attached hydrogens (tertiary/aromatic N) is 3. The van der Waals surface area contributed by atoms with Gasteiger partial charge in [0.2, 0.25) is 16.9 Å². The number of carbonyl (C=O) groups is 2. The Morgan fingerprint density at radius 3 is 2.55 bits per heavy atom. The van der Waals surface area contributed by atoms with E-state index < -0.39 is 0 Å². The molecule has 2 amide bonds. The van der Waals surface area contributed by atoms with Gasteiger partial charge in [-0.25, -0.2) is 0 Å². The van der Waals surface area contributed by atoms with E-state index in [1.165, 1.54) is 16.9 Å². The molecule has 1 atom stereocenters. The Morgan fingerprint density at radius 1 is 1.07 bits per heavy atom. The molecular weight excluding hydrogens is 384 g/mol. The average molecular weight is 407 g/mol. The highest BCUT2D eigenvalue weighted by molar-refractivity contribution is 7.15. The van der Waals surface area contributed by atoms with Crippen LogP contribution in [0.5, 0.6) is 0 Å². The van der Waals surface area contributed by atoms with Gasteiger partial charge in [-0.2, -0.15) is 0 Å². The molecule has 148 valence electrons. The molecule has 2 heterocycles.